The molecule has 0 bridgehead atoms. The molecule has 2 rings (SSSR count). The summed E-state index contributed by atoms with van der Waals surface area (Å²) in [5.74, 6) is 0. The van der Waals surface area contributed by atoms with Gasteiger partial charge in [0.1, 0.15) is 0 Å². The van der Waals surface area contributed by atoms with Crippen molar-refractivity contribution in [3.63, 3.8) is 0 Å². The molecule has 1 aliphatic heterocycles. The van der Waals surface area contributed by atoms with Gasteiger partial charge in [-0.25, -0.2) is 0 Å². The van der Waals surface area contributed by atoms with Crippen molar-refractivity contribution in [2.75, 3.05) is 6.54 Å². The summed E-state index contributed by atoms with van der Waals surface area (Å²) in [4.78, 5) is 2.70. The molecule has 2 heteroatoms. The van der Waals surface area contributed by atoms with Crippen molar-refractivity contribution < 1.29 is 0 Å². The number of nitrogens with zero attached hydrogens (tertiary/aromatic N) is 1. The fourth-order valence-electron chi connectivity index (χ4n) is 3.35. The van der Waals surface area contributed by atoms with Crippen LogP contribution >= 0.6 is 0 Å². The molecule has 2 aliphatic rings. The Morgan fingerprint density at radius 2 is 2.00 bits per heavy atom. The summed E-state index contributed by atoms with van der Waals surface area (Å²) < 4.78 is 0. The second-order valence-corrected chi connectivity index (χ2v) is 6.24. The Labute approximate surface area is 101 Å². The zero-order valence-corrected chi connectivity index (χ0v) is 11.0. The predicted molar refractivity (Wildman–Crippen MR) is 69.5 cm³/mol. The van der Waals surface area contributed by atoms with Crippen LogP contribution in [0.3, 0.4) is 0 Å². The van der Waals surface area contributed by atoms with Gasteiger partial charge in [-0.3, -0.25) is 4.90 Å². The van der Waals surface area contributed by atoms with Crippen molar-refractivity contribution in [2.45, 2.75) is 82.8 Å². The Kier molecular flexibility index (Phi) is 3.91. The molecule has 1 unspecified atom stereocenters. The standard InChI is InChI=1S/C14H28N2/c1-12(2)16-11-4-3-6-13(16)7-10-14(15)8-5-9-14/h12-13H,3-11,15H2,1-2H3. The van der Waals surface area contributed by atoms with Crippen molar-refractivity contribution >= 4 is 0 Å². The van der Waals surface area contributed by atoms with E-state index in [1.54, 1.807) is 0 Å². The van der Waals surface area contributed by atoms with Gasteiger partial charge < -0.3 is 5.73 Å². The van der Waals surface area contributed by atoms with Gasteiger partial charge in [-0.15, -0.1) is 0 Å². The van der Waals surface area contributed by atoms with Gasteiger partial charge in [0, 0.05) is 17.6 Å². The van der Waals surface area contributed by atoms with E-state index >= 15 is 0 Å². The number of hydrogen-bond acceptors (Lipinski definition) is 2. The average Bonchev–Trinajstić information content (AvgIpc) is 2.24. The van der Waals surface area contributed by atoms with Crippen molar-refractivity contribution in [1.82, 2.24) is 4.90 Å². The Bertz CT molecular complexity index is 221. The molecule has 2 nitrogen and oxygen atoms in total. The van der Waals surface area contributed by atoms with E-state index in [0.717, 1.165) is 6.04 Å². The van der Waals surface area contributed by atoms with Crippen molar-refractivity contribution in [1.29, 1.82) is 0 Å². The summed E-state index contributed by atoms with van der Waals surface area (Å²) in [6, 6.07) is 1.52. The van der Waals surface area contributed by atoms with Gasteiger partial charge in [0.2, 0.25) is 0 Å². The summed E-state index contributed by atoms with van der Waals surface area (Å²) in [6.07, 6.45) is 10.7. The summed E-state index contributed by atoms with van der Waals surface area (Å²) in [7, 11) is 0. The van der Waals surface area contributed by atoms with E-state index in [1.165, 1.54) is 57.9 Å². The molecule has 0 amide bonds. The highest BCUT2D eigenvalue weighted by atomic mass is 15.2. The third-order valence-corrected chi connectivity index (χ3v) is 4.66. The quantitative estimate of drug-likeness (QED) is 0.795. The predicted octanol–water partition coefficient (Wildman–Crippen LogP) is 2.91. The lowest BCUT2D eigenvalue weighted by molar-refractivity contribution is 0.0908. The first-order valence-electron chi connectivity index (χ1n) is 7.15. The van der Waals surface area contributed by atoms with Gasteiger partial charge in [-0.1, -0.05) is 6.42 Å². The number of hydrogen-bond donors (Lipinski definition) is 1. The van der Waals surface area contributed by atoms with Gasteiger partial charge in [0.15, 0.2) is 0 Å². The van der Waals surface area contributed by atoms with Gasteiger partial charge >= 0.3 is 0 Å². The average molecular weight is 224 g/mol. The molecule has 0 spiro atoms. The minimum Gasteiger partial charge on any atom is -0.325 e. The van der Waals surface area contributed by atoms with Crippen LogP contribution in [-0.4, -0.2) is 29.1 Å². The maximum atomic E-state index is 6.32. The first-order valence-corrected chi connectivity index (χ1v) is 7.15. The number of rotatable bonds is 4. The van der Waals surface area contributed by atoms with E-state index in [4.69, 9.17) is 5.73 Å². The molecule has 1 heterocycles. The SMILES string of the molecule is CC(C)N1CCCCC1CCC1(N)CCC1. The van der Waals surface area contributed by atoms with Crippen LogP contribution in [0.2, 0.25) is 0 Å². The highest BCUT2D eigenvalue weighted by molar-refractivity contribution is 4.94. The summed E-state index contributed by atoms with van der Waals surface area (Å²) in [5.41, 5.74) is 6.55. The highest BCUT2D eigenvalue weighted by Gasteiger charge is 2.34. The normalized spacial score (nSPS) is 30.4. The van der Waals surface area contributed by atoms with E-state index < -0.39 is 0 Å². The summed E-state index contributed by atoms with van der Waals surface area (Å²) in [5, 5.41) is 0. The third-order valence-electron chi connectivity index (χ3n) is 4.66. The first kappa shape index (κ1) is 12.4. The van der Waals surface area contributed by atoms with E-state index in [2.05, 4.69) is 18.7 Å². The minimum atomic E-state index is 0.222. The summed E-state index contributed by atoms with van der Waals surface area (Å²) >= 11 is 0. The van der Waals surface area contributed by atoms with Crippen LogP contribution in [0.1, 0.15) is 65.2 Å². The molecule has 0 aromatic rings. The van der Waals surface area contributed by atoms with E-state index in [9.17, 15) is 0 Å². The molecule has 1 aliphatic carbocycles. The van der Waals surface area contributed by atoms with Gasteiger partial charge in [-0.05, 0) is 65.3 Å². The highest BCUT2D eigenvalue weighted by Crippen LogP contribution is 2.35. The molecule has 16 heavy (non-hydrogen) atoms. The van der Waals surface area contributed by atoms with Crippen LogP contribution in [0.4, 0.5) is 0 Å². The monoisotopic (exact) mass is 224 g/mol. The molecular formula is C14H28N2. The molecule has 1 atom stereocenters. The van der Waals surface area contributed by atoms with E-state index in [-0.39, 0.29) is 5.54 Å². The molecule has 2 N–H and O–H groups in total. The van der Waals surface area contributed by atoms with Gasteiger partial charge in [0.25, 0.3) is 0 Å². The van der Waals surface area contributed by atoms with Crippen LogP contribution in [-0.2, 0) is 0 Å². The van der Waals surface area contributed by atoms with Crippen molar-refractivity contribution in [3.8, 4) is 0 Å². The lowest BCUT2D eigenvalue weighted by atomic mass is 9.73. The molecule has 0 aromatic heterocycles. The number of nitrogens with two attached hydrogens (primary N) is 1. The van der Waals surface area contributed by atoms with Crippen molar-refractivity contribution in [2.24, 2.45) is 5.73 Å². The molecule has 1 saturated carbocycles. The second-order valence-electron chi connectivity index (χ2n) is 6.24. The van der Waals surface area contributed by atoms with Crippen LogP contribution in [0.25, 0.3) is 0 Å². The molecule has 94 valence electrons. The largest absolute Gasteiger partial charge is 0.325 e. The van der Waals surface area contributed by atoms with Crippen molar-refractivity contribution in [3.05, 3.63) is 0 Å². The number of piperidine rings is 1. The maximum absolute atomic E-state index is 6.32. The van der Waals surface area contributed by atoms with Gasteiger partial charge in [0.05, 0.1) is 0 Å². The number of likely N-dealkylation sites (tertiary alicyclic amines) is 1. The lowest BCUT2D eigenvalue weighted by Gasteiger charge is -2.43. The third kappa shape index (κ3) is 2.78. The van der Waals surface area contributed by atoms with E-state index in [1.807, 2.05) is 0 Å². The topological polar surface area (TPSA) is 29.3 Å². The first-order chi connectivity index (χ1) is 7.61. The van der Waals surface area contributed by atoms with E-state index in [0.29, 0.717) is 6.04 Å². The summed E-state index contributed by atoms with van der Waals surface area (Å²) in [6.45, 7) is 5.97. The van der Waals surface area contributed by atoms with Crippen LogP contribution in [0.15, 0.2) is 0 Å². The minimum absolute atomic E-state index is 0.222. The fraction of sp³-hybridized carbons (Fsp3) is 1.00. The van der Waals surface area contributed by atoms with Crippen LogP contribution < -0.4 is 5.73 Å². The Morgan fingerprint density at radius 1 is 1.25 bits per heavy atom. The Hall–Kier alpha value is -0.0800. The fourth-order valence-corrected chi connectivity index (χ4v) is 3.35. The molecule has 1 saturated heterocycles. The smallest absolute Gasteiger partial charge is 0.0155 e. The molecule has 0 aromatic carbocycles. The molecule has 0 radical (unpaired) electrons. The zero-order chi connectivity index (χ0) is 11.6. The maximum Gasteiger partial charge on any atom is 0.0155 e. The Balaban J connectivity index is 1.81. The van der Waals surface area contributed by atoms with Crippen LogP contribution in [0.5, 0.6) is 0 Å². The Morgan fingerprint density at radius 3 is 2.56 bits per heavy atom. The van der Waals surface area contributed by atoms with Gasteiger partial charge in [-0.2, -0.15) is 0 Å². The molecular weight excluding hydrogens is 196 g/mol. The van der Waals surface area contributed by atoms with Crippen LogP contribution in [0, 0.1) is 0 Å². The second kappa shape index (κ2) is 5.05. The zero-order valence-electron chi connectivity index (χ0n) is 11.0. The lowest BCUT2D eigenvalue weighted by Crippen LogP contribution is -2.49. The molecule has 2 fully saturated rings.